The molecule has 1 atom stereocenters. The lowest BCUT2D eigenvalue weighted by Gasteiger charge is -2.09. The van der Waals surface area contributed by atoms with E-state index in [4.69, 9.17) is 9.84 Å². The highest BCUT2D eigenvalue weighted by atomic mass is 32.1. The maximum Gasteiger partial charge on any atom is 0.312 e. The minimum Gasteiger partial charge on any atom is -0.481 e. The molecule has 0 rings (SSSR count). The van der Waals surface area contributed by atoms with Crippen LogP contribution in [0.15, 0.2) is 0 Å². The zero-order valence-corrected chi connectivity index (χ0v) is 15.6. The van der Waals surface area contributed by atoms with Crippen molar-refractivity contribution in [3.63, 3.8) is 0 Å². The second-order valence-corrected chi connectivity index (χ2v) is 6.47. The van der Waals surface area contributed by atoms with Crippen LogP contribution in [0.4, 0.5) is 0 Å². The highest BCUT2D eigenvalue weighted by molar-refractivity contribution is 7.81. The molecule has 7 nitrogen and oxygen atoms in total. The van der Waals surface area contributed by atoms with Gasteiger partial charge in [0.05, 0.1) is 13.2 Å². The van der Waals surface area contributed by atoms with Crippen molar-refractivity contribution in [3.8, 4) is 0 Å². The Bertz CT molecular complexity index is 383. The number of ether oxygens (including phenoxy) is 1. The van der Waals surface area contributed by atoms with Gasteiger partial charge in [-0.2, -0.15) is 25.3 Å². The summed E-state index contributed by atoms with van der Waals surface area (Å²) < 4.78 is 5.23. The molecular formula is C15H28N2O5S2. The third kappa shape index (κ3) is 15.9. The van der Waals surface area contributed by atoms with Crippen LogP contribution in [-0.4, -0.2) is 60.2 Å². The molecule has 0 aliphatic carbocycles. The van der Waals surface area contributed by atoms with Crippen molar-refractivity contribution >= 4 is 43.0 Å². The van der Waals surface area contributed by atoms with E-state index in [2.05, 4.69) is 35.9 Å². The second kappa shape index (κ2) is 15.6. The molecule has 3 N–H and O–H groups in total. The van der Waals surface area contributed by atoms with Crippen molar-refractivity contribution in [1.29, 1.82) is 0 Å². The van der Waals surface area contributed by atoms with Crippen molar-refractivity contribution in [3.05, 3.63) is 0 Å². The summed E-state index contributed by atoms with van der Waals surface area (Å²) in [6.45, 7) is 1.28. The highest BCUT2D eigenvalue weighted by Gasteiger charge is 2.06. The number of carboxylic acids is 1. The van der Waals surface area contributed by atoms with Crippen LogP contribution in [0.2, 0.25) is 0 Å². The van der Waals surface area contributed by atoms with Crippen LogP contribution in [0.25, 0.3) is 0 Å². The van der Waals surface area contributed by atoms with Crippen molar-refractivity contribution < 1.29 is 24.2 Å². The first kappa shape index (κ1) is 23.1. The van der Waals surface area contributed by atoms with Crippen LogP contribution in [-0.2, 0) is 19.1 Å². The average Bonchev–Trinajstić information content (AvgIpc) is 2.50. The summed E-state index contributed by atoms with van der Waals surface area (Å²) in [6, 6.07) is 0. The van der Waals surface area contributed by atoms with Crippen molar-refractivity contribution in [2.24, 2.45) is 0 Å². The van der Waals surface area contributed by atoms with Gasteiger partial charge in [-0.1, -0.05) is 6.42 Å². The third-order valence-corrected chi connectivity index (χ3v) is 3.88. The maximum atomic E-state index is 11.6. The number of carbonyl (C=O) groups excluding carboxylic acids is 2. The molecule has 24 heavy (non-hydrogen) atoms. The molecule has 0 aromatic rings. The molecule has 0 fully saturated rings. The summed E-state index contributed by atoms with van der Waals surface area (Å²) in [4.78, 5) is 32.9. The maximum absolute atomic E-state index is 11.6. The molecule has 0 aliphatic heterocycles. The Hall–Kier alpha value is -0.930. The largest absolute Gasteiger partial charge is 0.481 e. The van der Waals surface area contributed by atoms with E-state index >= 15 is 0 Å². The van der Waals surface area contributed by atoms with E-state index in [1.165, 1.54) is 0 Å². The van der Waals surface area contributed by atoms with E-state index in [9.17, 15) is 14.4 Å². The lowest BCUT2D eigenvalue weighted by Crippen LogP contribution is -2.30. The summed E-state index contributed by atoms with van der Waals surface area (Å²) in [6.07, 6.45) is 3.74. The standard InChI is InChI=1S/C15H28N2O5S2/c18-13(4-2-1-3-12(24)5-10-23)16-6-8-22-9-7-17-14(19)11-15(20)21/h12,23-24H,1-11H2,(H,16,18)(H,17,19)(H,20,21). The molecule has 1 unspecified atom stereocenters. The summed E-state index contributed by atoms with van der Waals surface area (Å²) in [7, 11) is 0. The number of carboxylic acid groups (broad SMARTS) is 1. The van der Waals surface area contributed by atoms with E-state index in [0.717, 1.165) is 31.4 Å². The van der Waals surface area contributed by atoms with Gasteiger partial charge in [-0.15, -0.1) is 0 Å². The molecule has 0 aromatic carbocycles. The first-order valence-corrected chi connectivity index (χ1v) is 9.22. The van der Waals surface area contributed by atoms with Crippen molar-refractivity contribution in [2.45, 2.75) is 43.8 Å². The number of thiol groups is 2. The van der Waals surface area contributed by atoms with E-state index < -0.39 is 18.3 Å². The molecule has 0 spiro atoms. The lowest BCUT2D eigenvalue weighted by molar-refractivity contribution is -0.140. The highest BCUT2D eigenvalue weighted by Crippen LogP contribution is 2.12. The van der Waals surface area contributed by atoms with Crippen LogP contribution < -0.4 is 10.6 Å². The average molecular weight is 381 g/mol. The Kier molecular flexibility index (Phi) is 15.0. The van der Waals surface area contributed by atoms with Crippen molar-refractivity contribution in [2.75, 3.05) is 32.1 Å². The molecule has 2 amide bonds. The van der Waals surface area contributed by atoms with Crippen LogP contribution in [0, 0.1) is 0 Å². The van der Waals surface area contributed by atoms with Gasteiger partial charge in [0.2, 0.25) is 11.8 Å². The molecule has 0 saturated heterocycles. The first-order valence-electron chi connectivity index (χ1n) is 8.07. The summed E-state index contributed by atoms with van der Waals surface area (Å²) in [5, 5.41) is 13.9. The monoisotopic (exact) mass is 380 g/mol. The molecule has 0 radical (unpaired) electrons. The zero-order chi connectivity index (χ0) is 18.2. The lowest BCUT2D eigenvalue weighted by atomic mass is 10.1. The van der Waals surface area contributed by atoms with Crippen molar-refractivity contribution in [1.82, 2.24) is 10.6 Å². The van der Waals surface area contributed by atoms with Crippen LogP contribution in [0.1, 0.15) is 38.5 Å². The minimum atomic E-state index is -1.16. The Balaban J connectivity index is 3.37. The minimum absolute atomic E-state index is 0.00160. The number of nitrogens with one attached hydrogen (secondary N) is 2. The van der Waals surface area contributed by atoms with Gasteiger partial charge in [0, 0.05) is 24.8 Å². The summed E-state index contributed by atoms with van der Waals surface area (Å²) in [5.74, 6) is -0.879. The Morgan fingerprint density at radius 3 is 2.21 bits per heavy atom. The molecule has 0 saturated carbocycles. The van der Waals surface area contributed by atoms with E-state index in [1.54, 1.807) is 0 Å². The Morgan fingerprint density at radius 1 is 1.00 bits per heavy atom. The number of unbranched alkanes of at least 4 members (excludes halogenated alkanes) is 1. The smallest absolute Gasteiger partial charge is 0.312 e. The predicted molar refractivity (Wildman–Crippen MR) is 98.8 cm³/mol. The van der Waals surface area contributed by atoms with Gasteiger partial charge in [0.1, 0.15) is 6.42 Å². The molecular weight excluding hydrogens is 352 g/mol. The quantitative estimate of drug-likeness (QED) is 0.165. The number of hydrogen-bond donors (Lipinski definition) is 5. The molecule has 9 heteroatoms. The molecule has 140 valence electrons. The van der Waals surface area contributed by atoms with Crippen LogP contribution >= 0.6 is 25.3 Å². The van der Waals surface area contributed by atoms with Crippen LogP contribution in [0.5, 0.6) is 0 Å². The summed E-state index contributed by atoms with van der Waals surface area (Å²) >= 11 is 8.60. The number of amides is 2. The van der Waals surface area contributed by atoms with Gasteiger partial charge in [-0.3, -0.25) is 14.4 Å². The number of aliphatic carboxylic acids is 1. The number of carbonyl (C=O) groups is 3. The summed E-state index contributed by atoms with van der Waals surface area (Å²) in [5.41, 5.74) is 0. The van der Waals surface area contributed by atoms with Gasteiger partial charge < -0.3 is 20.5 Å². The first-order chi connectivity index (χ1) is 11.5. The van der Waals surface area contributed by atoms with E-state index in [0.29, 0.717) is 24.8 Å². The van der Waals surface area contributed by atoms with Gasteiger partial charge in [-0.25, -0.2) is 0 Å². The molecule has 0 aliphatic rings. The Labute approximate surface area is 154 Å². The topological polar surface area (TPSA) is 105 Å². The van der Waals surface area contributed by atoms with Gasteiger partial charge in [-0.05, 0) is 25.0 Å². The Morgan fingerprint density at radius 2 is 1.62 bits per heavy atom. The fourth-order valence-corrected chi connectivity index (χ4v) is 2.70. The molecule has 0 aromatic heterocycles. The van der Waals surface area contributed by atoms with Crippen LogP contribution in [0.3, 0.4) is 0 Å². The fourth-order valence-electron chi connectivity index (χ4n) is 1.87. The normalized spacial score (nSPS) is 11.8. The van der Waals surface area contributed by atoms with E-state index in [1.807, 2.05) is 0 Å². The SMILES string of the molecule is O=C(O)CC(=O)NCCOCCNC(=O)CCCCC(S)CCS. The fraction of sp³-hybridized carbons (Fsp3) is 0.800. The predicted octanol–water partition coefficient (Wildman–Crippen LogP) is 0.889. The van der Waals surface area contributed by atoms with Gasteiger partial charge in [0.15, 0.2) is 0 Å². The van der Waals surface area contributed by atoms with E-state index in [-0.39, 0.29) is 19.1 Å². The third-order valence-electron chi connectivity index (χ3n) is 3.10. The van der Waals surface area contributed by atoms with Gasteiger partial charge in [0.25, 0.3) is 0 Å². The number of hydrogen-bond acceptors (Lipinski definition) is 6. The second-order valence-electron chi connectivity index (χ2n) is 5.29. The molecule has 0 heterocycles. The number of rotatable bonds is 15. The van der Waals surface area contributed by atoms with Gasteiger partial charge >= 0.3 is 5.97 Å². The zero-order valence-electron chi connectivity index (χ0n) is 13.8. The molecule has 0 bridgehead atoms.